The second kappa shape index (κ2) is 9.42. The molecule has 0 atom stereocenters. The van der Waals surface area contributed by atoms with Crippen LogP contribution < -0.4 is 9.19 Å². The van der Waals surface area contributed by atoms with Crippen molar-refractivity contribution >= 4 is 77.0 Å². The zero-order chi connectivity index (χ0) is 23.8. The Morgan fingerprint density at radius 2 is 1.70 bits per heavy atom. The number of amides is 1. The number of hydrogen-bond acceptors (Lipinski definition) is 5. The lowest BCUT2D eigenvalue weighted by molar-refractivity contribution is -0.114. The third-order valence-electron chi connectivity index (χ3n) is 4.70. The smallest absolute Gasteiger partial charge is 0.339 e. The molecule has 0 bridgehead atoms. The first-order chi connectivity index (χ1) is 15.7. The summed E-state index contributed by atoms with van der Waals surface area (Å²) >= 11 is 12.6. The fraction of sp³-hybridized carbons (Fsp3) is 0.0435. The molecule has 33 heavy (non-hydrogen) atoms. The van der Waals surface area contributed by atoms with Gasteiger partial charge in [-0.3, -0.25) is 4.79 Å². The molecule has 1 aliphatic heterocycles. The van der Waals surface area contributed by atoms with Gasteiger partial charge in [0.15, 0.2) is 5.75 Å². The Morgan fingerprint density at radius 1 is 1.03 bits per heavy atom. The van der Waals surface area contributed by atoms with Crippen LogP contribution in [0.2, 0.25) is 5.02 Å². The summed E-state index contributed by atoms with van der Waals surface area (Å²) in [4.78, 5) is 13.0. The molecule has 0 saturated heterocycles. The number of carbonyl (C=O) groups is 1. The van der Waals surface area contributed by atoms with Crippen LogP contribution in [0.5, 0.6) is 5.75 Å². The molecule has 0 unspecified atom stereocenters. The number of carbonyl (C=O) groups excluding carboxylic acids is 1. The van der Waals surface area contributed by atoms with Crippen molar-refractivity contribution in [3.05, 3.63) is 91.8 Å². The quantitative estimate of drug-likeness (QED) is 0.246. The summed E-state index contributed by atoms with van der Waals surface area (Å²) in [6.45, 7) is 1.71. The maximum Gasteiger partial charge on any atom is 0.339 e. The first kappa shape index (κ1) is 23.7. The lowest BCUT2D eigenvalue weighted by Gasteiger charge is -2.13. The maximum absolute atomic E-state index is 13.1. The van der Waals surface area contributed by atoms with E-state index in [2.05, 4.69) is 37.0 Å². The van der Waals surface area contributed by atoms with Gasteiger partial charge >= 0.3 is 10.1 Å². The molecular weight excluding hydrogens is 596 g/mol. The summed E-state index contributed by atoms with van der Waals surface area (Å²) in [5, 5.41) is 6.07. The van der Waals surface area contributed by atoms with Crippen LogP contribution in [0.3, 0.4) is 0 Å². The summed E-state index contributed by atoms with van der Waals surface area (Å²) in [6, 6.07) is 18.0. The largest absolute Gasteiger partial charge is 0.377 e. The van der Waals surface area contributed by atoms with Gasteiger partial charge in [-0.1, -0.05) is 45.7 Å². The van der Waals surface area contributed by atoms with Crippen molar-refractivity contribution < 1.29 is 17.4 Å². The number of benzene rings is 3. The minimum atomic E-state index is -4.16. The van der Waals surface area contributed by atoms with Gasteiger partial charge in [-0.2, -0.15) is 18.5 Å². The molecule has 0 radical (unpaired) electrons. The van der Waals surface area contributed by atoms with Gasteiger partial charge in [0.25, 0.3) is 5.91 Å². The van der Waals surface area contributed by atoms with Crippen LogP contribution in [0.15, 0.2) is 91.2 Å². The number of para-hydroxylation sites is 1. The van der Waals surface area contributed by atoms with Gasteiger partial charge in [0, 0.05) is 15.1 Å². The van der Waals surface area contributed by atoms with E-state index in [9.17, 15) is 13.2 Å². The fourth-order valence-electron chi connectivity index (χ4n) is 3.12. The third kappa shape index (κ3) is 5.06. The standard InChI is InChI=1S/C23H15Br2ClN2O4S/c1-14-20(23(29)28(27-14)18-5-3-2-4-6-18)12-15-11-16(24)13-21(25)22(15)32-33(30,31)19-9-7-17(26)8-10-19/h2-13H,1H3/b20-12+. The van der Waals surface area contributed by atoms with Crippen molar-refractivity contribution in [2.24, 2.45) is 5.10 Å². The summed E-state index contributed by atoms with van der Waals surface area (Å²) in [5.74, 6) is -0.291. The zero-order valence-electron chi connectivity index (χ0n) is 17.0. The summed E-state index contributed by atoms with van der Waals surface area (Å²) in [6.07, 6.45) is 1.56. The van der Waals surface area contributed by atoms with Crippen LogP contribution >= 0.6 is 43.5 Å². The Balaban J connectivity index is 1.75. The van der Waals surface area contributed by atoms with Gasteiger partial charge < -0.3 is 4.18 Å². The molecule has 1 aliphatic rings. The van der Waals surface area contributed by atoms with Gasteiger partial charge in [-0.15, -0.1) is 0 Å². The van der Waals surface area contributed by atoms with Crippen molar-refractivity contribution in [1.29, 1.82) is 0 Å². The van der Waals surface area contributed by atoms with Crippen molar-refractivity contribution in [2.45, 2.75) is 11.8 Å². The highest BCUT2D eigenvalue weighted by Crippen LogP contribution is 2.37. The monoisotopic (exact) mass is 608 g/mol. The molecule has 1 heterocycles. The Morgan fingerprint density at radius 3 is 2.36 bits per heavy atom. The van der Waals surface area contributed by atoms with Crippen molar-refractivity contribution in [3.63, 3.8) is 0 Å². The minimum Gasteiger partial charge on any atom is -0.377 e. The van der Waals surface area contributed by atoms with Crippen LogP contribution in [0.4, 0.5) is 5.69 Å². The van der Waals surface area contributed by atoms with Crippen molar-refractivity contribution in [2.75, 3.05) is 5.01 Å². The average Bonchev–Trinajstić information content (AvgIpc) is 3.05. The van der Waals surface area contributed by atoms with Gasteiger partial charge in [0.05, 0.1) is 21.4 Å². The number of anilines is 1. The Kier molecular flexibility index (Phi) is 6.76. The first-order valence-corrected chi connectivity index (χ1v) is 12.9. The van der Waals surface area contributed by atoms with Crippen LogP contribution in [0, 0.1) is 0 Å². The highest BCUT2D eigenvalue weighted by molar-refractivity contribution is 9.11. The predicted octanol–water partition coefficient (Wildman–Crippen LogP) is 6.44. The Labute approximate surface area is 212 Å². The summed E-state index contributed by atoms with van der Waals surface area (Å²) in [5.41, 5.74) is 1.81. The van der Waals surface area contributed by atoms with Gasteiger partial charge in [-0.05, 0) is 77.5 Å². The van der Waals surface area contributed by atoms with E-state index in [0.717, 1.165) is 0 Å². The van der Waals surface area contributed by atoms with Crippen LogP contribution in [-0.2, 0) is 14.9 Å². The lowest BCUT2D eigenvalue weighted by atomic mass is 10.1. The molecule has 0 N–H and O–H groups in total. The molecule has 4 rings (SSSR count). The summed E-state index contributed by atoms with van der Waals surface area (Å²) < 4.78 is 32.3. The molecule has 0 aromatic heterocycles. The van der Waals surface area contributed by atoms with Crippen LogP contribution in [0.25, 0.3) is 6.08 Å². The predicted molar refractivity (Wildman–Crippen MR) is 136 cm³/mol. The Bertz CT molecular complexity index is 1410. The van der Waals surface area contributed by atoms with E-state index < -0.39 is 10.1 Å². The Hall–Kier alpha value is -2.46. The van der Waals surface area contributed by atoms with E-state index in [0.29, 0.717) is 36.5 Å². The normalized spacial score (nSPS) is 15.2. The molecular formula is C23H15Br2ClN2O4S. The third-order valence-corrected chi connectivity index (χ3v) is 7.23. The molecule has 168 valence electrons. The molecule has 0 saturated carbocycles. The SMILES string of the molecule is CC1=NN(c2ccccc2)C(=O)/C1=C/c1cc(Br)cc(Br)c1OS(=O)(=O)c1ccc(Cl)cc1. The van der Waals surface area contributed by atoms with Gasteiger partial charge in [0.1, 0.15) is 4.90 Å². The zero-order valence-corrected chi connectivity index (χ0v) is 21.7. The van der Waals surface area contributed by atoms with Crippen LogP contribution in [-0.4, -0.2) is 20.0 Å². The van der Waals surface area contributed by atoms with E-state index in [1.165, 1.54) is 29.3 Å². The summed E-state index contributed by atoms with van der Waals surface area (Å²) in [7, 11) is -4.16. The molecule has 3 aromatic carbocycles. The molecule has 1 amide bonds. The number of rotatable bonds is 5. The van der Waals surface area contributed by atoms with Crippen molar-refractivity contribution in [1.82, 2.24) is 0 Å². The number of hydrogen-bond donors (Lipinski definition) is 0. The van der Waals surface area contributed by atoms with Gasteiger partial charge in [-0.25, -0.2) is 0 Å². The highest BCUT2D eigenvalue weighted by atomic mass is 79.9. The molecule has 6 nitrogen and oxygen atoms in total. The molecule has 0 spiro atoms. The number of hydrazone groups is 1. The first-order valence-electron chi connectivity index (χ1n) is 9.51. The second-order valence-corrected chi connectivity index (χ2v) is 10.7. The average molecular weight is 611 g/mol. The van der Waals surface area contributed by atoms with E-state index in [-0.39, 0.29) is 16.6 Å². The van der Waals surface area contributed by atoms with E-state index >= 15 is 0 Å². The topological polar surface area (TPSA) is 76.0 Å². The van der Waals surface area contributed by atoms with Crippen LogP contribution in [0.1, 0.15) is 12.5 Å². The highest BCUT2D eigenvalue weighted by Gasteiger charge is 2.29. The molecule has 0 fully saturated rings. The van der Waals surface area contributed by atoms with E-state index in [1.807, 2.05) is 18.2 Å². The number of halogens is 3. The number of nitrogens with zero attached hydrogens (tertiary/aromatic N) is 2. The minimum absolute atomic E-state index is 0.0411. The lowest BCUT2D eigenvalue weighted by Crippen LogP contribution is -2.21. The van der Waals surface area contributed by atoms with E-state index in [4.69, 9.17) is 15.8 Å². The molecule has 10 heteroatoms. The van der Waals surface area contributed by atoms with Gasteiger partial charge in [0.2, 0.25) is 0 Å². The molecule has 0 aliphatic carbocycles. The second-order valence-electron chi connectivity index (χ2n) is 6.99. The van der Waals surface area contributed by atoms with Crippen molar-refractivity contribution in [3.8, 4) is 5.75 Å². The molecule has 3 aromatic rings. The fourth-order valence-corrected chi connectivity index (χ4v) is 5.66. The van der Waals surface area contributed by atoms with E-state index in [1.54, 1.807) is 37.3 Å². The maximum atomic E-state index is 13.1.